The van der Waals surface area contributed by atoms with Crippen molar-refractivity contribution in [2.45, 2.75) is 52.5 Å². The molecule has 0 aliphatic carbocycles. The van der Waals surface area contributed by atoms with Crippen molar-refractivity contribution in [3.8, 4) is 11.3 Å². The van der Waals surface area contributed by atoms with E-state index in [-0.39, 0.29) is 0 Å². The normalized spacial score (nSPS) is 14.0. The summed E-state index contributed by atoms with van der Waals surface area (Å²) in [5.74, 6) is 0.857. The standard InChI is InChI=1S/C20H26F3NSi/c1-13(2)14(3)17-11-18(24-12-19(17)25(4,5)6)15-7-9-16(10-8-15)20(21,22)23/h7-14H,1-6H3. The van der Waals surface area contributed by atoms with Gasteiger partial charge in [-0.1, -0.05) is 52.5 Å². The first-order valence-electron chi connectivity index (χ1n) is 8.59. The van der Waals surface area contributed by atoms with Gasteiger partial charge in [-0.05, 0) is 40.8 Å². The third-order valence-corrected chi connectivity index (χ3v) is 6.78. The van der Waals surface area contributed by atoms with E-state index in [0.29, 0.717) is 17.4 Å². The van der Waals surface area contributed by atoms with Gasteiger partial charge in [-0.3, -0.25) is 4.98 Å². The van der Waals surface area contributed by atoms with E-state index in [1.807, 2.05) is 6.20 Å². The Morgan fingerprint density at radius 2 is 1.52 bits per heavy atom. The summed E-state index contributed by atoms with van der Waals surface area (Å²) in [6.07, 6.45) is -2.38. The van der Waals surface area contributed by atoms with E-state index in [1.54, 1.807) is 0 Å². The lowest BCUT2D eigenvalue weighted by Gasteiger charge is -2.26. The summed E-state index contributed by atoms with van der Waals surface area (Å²) in [7, 11) is -1.56. The second-order valence-electron chi connectivity index (χ2n) is 8.01. The molecule has 2 rings (SSSR count). The molecule has 0 saturated heterocycles. The molecule has 2 aromatic rings. The Morgan fingerprint density at radius 3 is 1.96 bits per heavy atom. The van der Waals surface area contributed by atoms with Crippen molar-refractivity contribution in [3.05, 3.63) is 47.7 Å². The molecule has 0 bridgehead atoms. The van der Waals surface area contributed by atoms with Crippen LogP contribution in [-0.4, -0.2) is 13.1 Å². The van der Waals surface area contributed by atoms with Crippen LogP contribution in [0.25, 0.3) is 11.3 Å². The number of hydrogen-bond acceptors (Lipinski definition) is 1. The number of rotatable bonds is 4. The molecule has 1 aromatic carbocycles. The highest BCUT2D eigenvalue weighted by molar-refractivity contribution is 6.89. The molecule has 25 heavy (non-hydrogen) atoms. The van der Waals surface area contributed by atoms with Crippen molar-refractivity contribution in [1.82, 2.24) is 4.98 Å². The van der Waals surface area contributed by atoms with Crippen LogP contribution < -0.4 is 5.19 Å². The molecule has 0 spiro atoms. The summed E-state index contributed by atoms with van der Waals surface area (Å²) in [5.41, 5.74) is 2.09. The molecule has 5 heteroatoms. The third kappa shape index (κ3) is 4.51. The summed E-state index contributed by atoms with van der Waals surface area (Å²) in [5, 5.41) is 1.32. The van der Waals surface area contributed by atoms with Crippen molar-refractivity contribution in [1.29, 1.82) is 0 Å². The number of alkyl halides is 3. The average Bonchev–Trinajstić information content (AvgIpc) is 2.52. The van der Waals surface area contributed by atoms with E-state index in [1.165, 1.54) is 22.9 Å². The molecule has 1 atom stereocenters. The average molecular weight is 366 g/mol. The van der Waals surface area contributed by atoms with Crippen molar-refractivity contribution >= 4 is 13.3 Å². The summed E-state index contributed by atoms with van der Waals surface area (Å²) >= 11 is 0. The van der Waals surface area contributed by atoms with Crippen molar-refractivity contribution in [2.24, 2.45) is 5.92 Å². The van der Waals surface area contributed by atoms with Gasteiger partial charge in [0.1, 0.15) is 0 Å². The molecule has 1 unspecified atom stereocenters. The summed E-state index contributed by atoms with van der Waals surface area (Å²) in [6, 6.07) is 7.32. The van der Waals surface area contributed by atoms with Crippen molar-refractivity contribution in [3.63, 3.8) is 0 Å². The van der Waals surface area contributed by atoms with Gasteiger partial charge in [0.25, 0.3) is 0 Å². The first-order valence-corrected chi connectivity index (χ1v) is 12.1. The predicted molar refractivity (Wildman–Crippen MR) is 101 cm³/mol. The fourth-order valence-corrected chi connectivity index (χ4v) is 4.44. The minimum atomic E-state index is -4.31. The minimum Gasteiger partial charge on any atom is -0.256 e. The lowest BCUT2D eigenvalue weighted by Crippen LogP contribution is -2.41. The zero-order valence-corrected chi connectivity index (χ0v) is 16.7. The van der Waals surface area contributed by atoms with E-state index in [2.05, 4.69) is 51.5 Å². The van der Waals surface area contributed by atoms with E-state index in [4.69, 9.17) is 0 Å². The summed E-state index contributed by atoms with van der Waals surface area (Å²) in [4.78, 5) is 4.56. The maximum atomic E-state index is 12.8. The molecule has 136 valence electrons. The van der Waals surface area contributed by atoms with E-state index in [0.717, 1.165) is 17.8 Å². The van der Waals surface area contributed by atoms with Gasteiger partial charge in [0.15, 0.2) is 0 Å². The van der Waals surface area contributed by atoms with Gasteiger partial charge in [-0.25, -0.2) is 0 Å². The molecule has 0 aliphatic rings. The number of aromatic nitrogens is 1. The van der Waals surface area contributed by atoms with Crippen LogP contribution in [0.1, 0.15) is 37.8 Å². The zero-order valence-electron chi connectivity index (χ0n) is 15.7. The number of halogens is 3. The fraction of sp³-hybridized carbons (Fsp3) is 0.450. The highest BCUT2D eigenvalue weighted by Crippen LogP contribution is 2.32. The molecule has 0 aliphatic heterocycles. The number of benzene rings is 1. The molecule has 0 radical (unpaired) electrons. The lowest BCUT2D eigenvalue weighted by atomic mass is 9.90. The molecule has 0 fully saturated rings. The molecule has 1 heterocycles. The van der Waals surface area contributed by atoms with Crippen LogP contribution in [0.2, 0.25) is 19.6 Å². The van der Waals surface area contributed by atoms with Gasteiger partial charge in [-0.15, -0.1) is 0 Å². The van der Waals surface area contributed by atoms with Gasteiger partial charge in [-0.2, -0.15) is 13.2 Å². The van der Waals surface area contributed by atoms with Crippen LogP contribution in [0.15, 0.2) is 36.5 Å². The molecule has 1 nitrogen and oxygen atoms in total. The molecule has 0 N–H and O–H groups in total. The Hall–Kier alpha value is -1.62. The Kier molecular flexibility index (Phi) is 5.47. The SMILES string of the molecule is CC(C)C(C)c1cc(-c2ccc(C(F)(F)F)cc2)ncc1[Si](C)(C)C. The maximum Gasteiger partial charge on any atom is 0.416 e. The van der Waals surface area contributed by atoms with Crippen LogP contribution in [0.3, 0.4) is 0 Å². The number of nitrogens with zero attached hydrogens (tertiary/aromatic N) is 1. The number of hydrogen-bond donors (Lipinski definition) is 0. The summed E-state index contributed by atoms with van der Waals surface area (Å²) < 4.78 is 38.3. The van der Waals surface area contributed by atoms with Crippen LogP contribution in [-0.2, 0) is 6.18 Å². The maximum absolute atomic E-state index is 12.8. The van der Waals surface area contributed by atoms with Crippen molar-refractivity contribution < 1.29 is 13.2 Å². The topological polar surface area (TPSA) is 12.9 Å². The first-order chi connectivity index (χ1) is 11.4. The van der Waals surface area contributed by atoms with Crippen molar-refractivity contribution in [2.75, 3.05) is 0 Å². The highest BCUT2D eigenvalue weighted by Gasteiger charge is 2.30. The van der Waals surface area contributed by atoms with Gasteiger partial charge >= 0.3 is 6.18 Å². The Bertz CT molecular complexity index is 728. The highest BCUT2D eigenvalue weighted by atomic mass is 28.3. The van der Waals surface area contributed by atoms with E-state index < -0.39 is 19.8 Å². The van der Waals surface area contributed by atoms with Crippen LogP contribution in [0.4, 0.5) is 13.2 Å². The second-order valence-corrected chi connectivity index (χ2v) is 13.1. The van der Waals surface area contributed by atoms with Crippen LogP contribution in [0.5, 0.6) is 0 Å². The summed E-state index contributed by atoms with van der Waals surface area (Å²) in [6.45, 7) is 13.5. The minimum absolute atomic E-state index is 0.373. The van der Waals surface area contributed by atoms with E-state index in [9.17, 15) is 13.2 Å². The Labute approximate surface area is 149 Å². The third-order valence-electron chi connectivity index (χ3n) is 4.74. The monoisotopic (exact) mass is 365 g/mol. The van der Waals surface area contributed by atoms with Gasteiger partial charge < -0.3 is 0 Å². The van der Waals surface area contributed by atoms with Gasteiger partial charge in [0, 0.05) is 11.8 Å². The Balaban J connectivity index is 2.51. The fourth-order valence-electron chi connectivity index (χ4n) is 2.82. The molecular weight excluding hydrogens is 339 g/mol. The largest absolute Gasteiger partial charge is 0.416 e. The molecule has 1 aromatic heterocycles. The number of pyridine rings is 1. The van der Waals surface area contributed by atoms with E-state index >= 15 is 0 Å². The second kappa shape index (κ2) is 6.94. The lowest BCUT2D eigenvalue weighted by molar-refractivity contribution is -0.137. The molecule has 0 amide bonds. The predicted octanol–water partition coefficient (Wildman–Crippen LogP) is 6.07. The quantitative estimate of drug-likeness (QED) is 0.599. The zero-order chi connectivity index (χ0) is 19.0. The smallest absolute Gasteiger partial charge is 0.256 e. The first kappa shape index (κ1) is 19.7. The molecule has 0 saturated carbocycles. The van der Waals surface area contributed by atoms with Crippen LogP contribution in [0, 0.1) is 5.92 Å². The van der Waals surface area contributed by atoms with Crippen LogP contribution >= 0.6 is 0 Å². The Morgan fingerprint density at radius 1 is 0.960 bits per heavy atom. The van der Waals surface area contributed by atoms with Gasteiger partial charge in [0.2, 0.25) is 0 Å². The molecular formula is C20H26F3NSi. The van der Waals surface area contributed by atoms with Gasteiger partial charge in [0.05, 0.1) is 19.3 Å².